The van der Waals surface area contributed by atoms with Crippen LogP contribution in [-0.2, 0) is 0 Å². The number of rotatable bonds is 3. The van der Waals surface area contributed by atoms with Gasteiger partial charge in [-0.25, -0.2) is 0 Å². The van der Waals surface area contributed by atoms with Crippen molar-refractivity contribution < 1.29 is 4.79 Å². The quantitative estimate of drug-likeness (QED) is 0.815. The summed E-state index contributed by atoms with van der Waals surface area (Å²) in [4.78, 5) is 11.6. The highest BCUT2D eigenvalue weighted by molar-refractivity contribution is 9.10. The van der Waals surface area contributed by atoms with Crippen LogP contribution >= 0.6 is 15.9 Å². The first kappa shape index (κ1) is 11.0. The smallest absolute Gasteiger partial charge is 0.252 e. The van der Waals surface area contributed by atoms with Crippen molar-refractivity contribution in [1.82, 2.24) is 5.32 Å². The van der Waals surface area contributed by atoms with E-state index in [1.165, 1.54) is 0 Å². The van der Waals surface area contributed by atoms with Crippen LogP contribution in [0.4, 0.5) is 5.69 Å². The van der Waals surface area contributed by atoms with E-state index < -0.39 is 0 Å². The molecule has 0 atom stereocenters. The van der Waals surface area contributed by atoms with Gasteiger partial charge in [0, 0.05) is 16.7 Å². The molecule has 0 aliphatic heterocycles. The van der Waals surface area contributed by atoms with Crippen molar-refractivity contribution in [1.29, 1.82) is 0 Å². The molecule has 3 N–H and O–H groups in total. The molecule has 3 nitrogen and oxygen atoms in total. The van der Waals surface area contributed by atoms with Crippen LogP contribution < -0.4 is 11.1 Å². The Morgan fingerprint density at radius 3 is 2.93 bits per heavy atom. The molecule has 0 unspecified atom stereocenters. The Labute approximate surface area is 91.8 Å². The molecule has 4 heteroatoms. The molecule has 0 heterocycles. The Hall–Kier alpha value is -1.03. The van der Waals surface area contributed by atoms with Crippen molar-refractivity contribution in [3.63, 3.8) is 0 Å². The lowest BCUT2D eigenvalue weighted by Gasteiger charge is -2.06. The molecule has 0 aliphatic rings. The molecule has 0 fully saturated rings. The van der Waals surface area contributed by atoms with Crippen LogP contribution in [0.5, 0.6) is 0 Å². The van der Waals surface area contributed by atoms with Crippen LogP contribution in [0.2, 0.25) is 0 Å². The van der Waals surface area contributed by atoms with E-state index in [0.29, 0.717) is 17.8 Å². The van der Waals surface area contributed by atoms with Gasteiger partial charge in [0.05, 0.1) is 5.56 Å². The monoisotopic (exact) mass is 256 g/mol. The molecular formula is C10H13BrN2O. The van der Waals surface area contributed by atoms with Crippen molar-refractivity contribution in [2.45, 2.75) is 13.3 Å². The number of carbonyl (C=O) groups excluding carboxylic acids is 1. The van der Waals surface area contributed by atoms with Crippen LogP contribution in [0, 0.1) is 0 Å². The van der Waals surface area contributed by atoms with Gasteiger partial charge in [0.1, 0.15) is 0 Å². The van der Waals surface area contributed by atoms with E-state index in [0.717, 1.165) is 10.9 Å². The van der Waals surface area contributed by atoms with Crippen LogP contribution in [0.3, 0.4) is 0 Å². The molecule has 0 spiro atoms. The van der Waals surface area contributed by atoms with Gasteiger partial charge in [-0.3, -0.25) is 4.79 Å². The number of nitrogens with two attached hydrogens (primary N) is 1. The minimum absolute atomic E-state index is 0.0916. The summed E-state index contributed by atoms with van der Waals surface area (Å²) in [6.07, 6.45) is 0.922. The zero-order valence-corrected chi connectivity index (χ0v) is 9.60. The highest BCUT2D eigenvalue weighted by Crippen LogP contribution is 2.19. The van der Waals surface area contributed by atoms with Gasteiger partial charge in [0.2, 0.25) is 0 Å². The van der Waals surface area contributed by atoms with E-state index >= 15 is 0 Å². The summed E-state index contributed by atoms with van der Waals surface area (Å²) < 4.78 is 0.764. The SMILES string of the molecule is CCCNC(=O)c1cc(N)ccc1Br. The predicted octanol–water partition coefficient (Wildman–Crippen LogP) is 2.17. The topological polar surface area (TPSA) is 55.1 Å². The van der Waals surface area contributed by atoms with Gasteiger partial charge in [0.15, 0.2) is 0 Å². The number of hydrogen-bond acceptors (Lipinski definition) is 2. The van der Waals surface area contributed by atoms with Gasteiger partial charge in [-0.1, -0.05) is 6.92 Å². The lowest BCUT2D eigenvalue weighted by atomic mass is 10.2. The molecule has 0 aromatic heterocycles. The summed E-state index contributed by atoms with van der Waals surface area (Å²) in [7, 11) is 0. The summed E-state index contributed by atoms with van der Waals surface area (Å²) in [5.41, 5.74) is 6.77. The molecule has 14 heavy (non-hydrogen) atoms. The summed E-state index contributed by atoms with van der Waals surface area (Å²) in [6.45, 7) is 2.69. The van der Waals surface area contributed by atoms with E-state index in [1.54, 1.807) is 18.2 Å². The first-order valence-corrected chi connectivity index (χ1v) is 5.27. The lowest BCUT2D eigenvalue weighted by Crippen LogP contribution is -2.24. The molecule has 0 saturated carbocycles. The number of nitrogen functional groups attached to an aromatic ring is 1. The van der Waals surface area contributed by atoms with Gasteiger partial charge >= 0.3 is 0 Å². The zero-order chi connectivity index (χ0) is 10.6. The predicted molar refractivity (Wildman–Crippen MR) is 61.2 cm³/mol. The molecule has 0 saturated heterocycles. The van der Waals surface area contributed by atoms with Crippen molar-refractivity contribution in [2.24, 2.45) is 0 Å². The van der Waals surface area contributed by atoms with Crippen LogP contribution in [0.1, 0.15) is 23.7 Å². The van der Waals surface area contributed by atoms with E-state index in [2.05, 4.69) is 21.2 Å². The van der Waals surface area contributed by atoms with Crippen molar-refractivity contribution in [3.05, 3.63) is 28.2 Å². The fourth-order valence-corrected chi connectivity index (χ4v) is 1.48. The third-order valence-corrected chi connectivity index (χ3v) is 2.46. The molecule has 1 rings (SSSR count). The average Bonchev–Trinajstić information content (AvgIpc) is 2.18. The number of anilines is 1. The second kappa shape index (κ2) is 5.00. The highest BCUT2D eigenvalue weighted by atomic mass is 79.9. The number of amides is 1. The molecule has 0 aliphatic carbocycles. The van der Waals surface area contributed by atoms with Gasteiger partial charge in [-0.05, 0) is 40.5 Å². The van der Waals surface area contributed by atoms with Gasteiger partial charge in [0.25, 0.3) is 5.91 Å². The van der Waals surface area contributed by atoms with E-state index in [1.807, 2.05) is 6.92 Å². The first-order valence-electron chi connectivity index (χ1n) is 4.48. The Balaban J connectivity index is 2.83. The third-order valence-electron chi connectivity index (χ3n) is 1.77. The Morgan fingerprint density at radius 2 is 2.29 bits per heavy atom. The Bertz CT molecular complexity index is 339. The number of halogens is 1. The van der Waals surface area contributed by atoms with E-state index in [4.69, 9.17) is 5.73 Å². The average molecular weight is 257 g/mol. The minimum Gasteiger partial charge on any atom is -0.399 e. The van der Waals surface area contributed by atoms with Gasteiger partial charge < -0.3 is 11.1 Å². The Kier molecular flexibility index (Phi) is 3.95. The maximum atomic E-state index is 11.6. The molecule has 1 aromatic carbocycles. The van der Waals surface area contributed by atoms with Crippen molar-refractivity contribution in [2.75, 3.05) is 12.3 Å². The standard InChI is InChI=1S/C10H13BrN2O/c1-2-5-13-10(14)8-6-7(12)3-4-9(8)11/h3-4,6H,2,5,12H2,1H3,(H,13,14). The van der Waals surface area contributed by atoms with E-state index in [-0.39, 0.29) is 5.91 Å². The fourth-order valence-electron chi connectivity index (χ4n) is 1.05. The second-order valence-corrected chi connectivity index (χ2v) is 3.85. The normalized spacial score (nSPS) is 9.86. The number of nitrogens with one attached hydrogen (secondary N) is 1. The van der Waals surface area contributed by atoms with Crippen LogP contribution in [0.15, 0.2) is 22.7 Å². The number of benzene rings is 1. The molecule has 0 bridgehead atoms. The zero-order valence-electron chi connectivity index (χ0n) is 8.01. The highest BCUT2D eigenvalue weighted by Gasteiger charge is 2.08. The minimum atomic E-state index is -0.0916. The van der Waals surface area contributed by atoms with Crippen molar-refractivity contribution >= 4 is 27.5 Å². The lowest BCUT2D eigenvalue weighted by molar-refractivity contribution is 0.0953. The van der Waals surface area contributed by atoms with Gasteiger partial charge in [-0.2, -0.15) is 0 Å². The van der Waals surface area contributed by atoms with Crippen LogP contribution in [0.25, 0.3) is 0 Å². The summed E-state index contributed by atoms with van der Waals surface area (Å²) in [5, 5.41) is 2.79. The molecule has 1 aromatic rings. The first-order chi connectivity index (χ1) is 6.65. The number of carbonyl (C=O) groups is 1. The summed E-state index contributed by atoms with van der Waals surface area (Å²) in [6, 6.07) is 5.19. The summed E-state index contributed by atoms with van der Waals surface area (Å²) >= 11 is 3.31. The van der Waals surface area contributed by atoms with E-state index in [9.17, 15) is 4.79 Å². The second-order valence-electron chi connectivity index (χ2n) is 3.00. The van der Waals surface area contributed by atoms with Crippen molar-refractivity contribution in [3.8, 4) is 0 Å². The summed E-state index contributed by atoms with van der Waals surface area (Å²) in [5.74, 6) is -0.0916. The molecule has 76 valence electrons. The third kappa shape index (κ3) is 2.73. The van der Waals surface area contributed by atoms with Crippen LogP contribution in [-0.4, -0.2) is 12.5 Å². The largest absolute Gasteiger partial charge is 0.399 e. The molecular weight excluding hydrogens is 244 g/mol. The maximum Gasteiger partial charge on any atom is 0.252 e. The molecule has 1 amide bonds. The number of hydrogen-bond donors (Lipinski definition) is 2. The maximum absolute atomic E-state index is 11.6. The Morgan fingerprint density at radius 1 is 1.57 bits per heavy atom. The molecule has 0 radical (unpaired) electrons. The fraction of sp³-hybridized carbons (Fsp3) is 0.300. The van der Waals surface area contributed by atoms with Gasteiger partial charge in [-0.15, -0.1) is 0 Å².